The Hall–Kier alpha value is -4.05. The second-order valence-corrected chi connectivity index (χ2v) is 8.13. The summed E-state index contributed by atoms with van der Waals surface area (Å²) >= 11 is 0. The lowest BCUT2D eigenvalue weighted by atomic mass is 10.0. The van der Waals surface area contributed by atoms with Crippen molar-refractivity contribution < 1.29 is 0 Å². The molecule has 0 radical (unpaired) electrons. The Morgan fingerprint density at radius 2 is 1.79 bits per heavy atom. The van der Waals surface area contributed by atoms with E-state index < -0.39 is 0 Å². The monoisotopic (exact) mass is 432 g/mol. The van der Waals surface area contributed by atoms with E-state index in [2.05, 4.69) is 69.3 Å². The van der Waals surface area contributed by atoms with Gasteiger partial charge in [-0.15, -0.1) is 0 Å². The van der Waals surface area contributed by atoms with E-state index >= 15 is 0 Å². The maximum Gasteiger partial charge on any atom is 0.135 e. The largest absolute Gasteiger partial charge is 0.365 e. The van der Waals surface area contributed by atoms with Crippen LogP contribution in [0, 0.1) is 6.92 Å². The van der Waals surface area contributed by atoms with Gasteiger partial charge in [0.25, 0.3) is 0 Å². The highest BCUT2D eigenvalue weighted by molar-refractivity contribution is 5.93. The first-order valence-corrected chi connectivity index (χ1v) is 11.0. The molecule has 0 spiro atoms. The van der Waals surface area contributed by atoms with Gasteiger partial charge >= 0.3 is 0 Å². The molecule has 0 aliphatic heterocycles. The summed E-state index contributed by atoms with van der Waals surface area (Å²) in [7, 11) is 0. The Labute approximate surface area is 195 Å². The van der Waals surface area contributed by atoms with Crippen molar-refractivity contribution in [3.63, 3.8) is 0 Å². The Balaban J connectivity index is 1.53. The number of pyridine rings is 3. The SMILES string of the molecule is C=C(C)/C=C(\C=C/C)c1ccc(CNc2nccc3cc(-c4ccnc(C)c4)ncc23)cc1. The van der Waals surface area contributed by atoms with Gasteiger partial charge in [0, 0.05) is 41.8 Å². The van der Waals surface area contributed by atoms with Gasteiger partial charge in [0.1, 0.15) is 5.82 Å². The summed E-state index contributed by atoms with van der Waals surface area (Å²) < 4.78 is 0. The Bertz CT molecular complexity index is 1350. The number of aromatic nitrogens is 3. The fourth-order valence-corrected chi connectivity index (χ4v) is 3.75. The van der Waals surface area contributed by atoms with Gasteiger partial charge in [-0.25, -0.2) is 4.98 Å². The third-order valence-electron chi connectivity index (χ3n) is 5.34. The molecule has 0 saturated carbocycles. The van der Waals surface area contributed by atoms with Crippen molar-refractivity contribution in [1.82, 2.24) is 15.0 Å². The van der Waals surface area contributed by atoms with Gasteiger partial charge in [-0.2, -0.15) is 0 Å². The van der Waals surface area contributed by atoms with Crippen molar-refractivity contribution in [2.75, 3.05) is 5.32 Å². The molecule has 0 aliphatic carbocycles. The lowest BCUT2D eigenvalue weighted by Gasteiger charge is -2.11. The number of hydrogen-bond acceptors (Lipinski definition) is 4. The number of rotatable bonds is 7. The molecule has 0 unspecified atom stereocenters. The summed E-state index contributed by atoms with van der Waals surface area (Å²) in [6.07, 6.45) is 11.8. The van der Waals surface area contributed by atoms with Crippen molar-refractivity contribution in [3.8, 4) is 11.3 Å². The molecule has 1 N–H and O–H groups in total. The second kappa shape index (κ2) is 10.0. The third-order valence-corrected chi connectivity index (χ3v) is 5.34. The van der Waals surface area contributed by atoms with Crippen LogP contribution in [-0.2, 0) is 6.54 Å². The zero-order chi connectivity index (χ0) is 23.2. The summed E-state index contributed by atoms with van der Waals surface area (Å²) in [5.74, 6) is 0.832. The molecular weight excluding hydrogens is 404 g/mol. The molecule has 3 heterocycles. The highest BCUT2D eigenvalue weighted by atomic mass is 15.0. The Morgan fingerprint density at radius 3 is 2.52 bits per heavy atom. The summed E-state index contributed by atoms with van der Waals surface area (Å²) in [5, 5.41) is 5.58. The van der Waals surface area contributed by atoms with E-state index in [0.717, 1.165) is 44.7 Å². The predicted octanol–water partition coefficient (Wildman–Crippen LogP) is 7.15. The van der Waals surface area contributed by atoms with Crippen LogP contribution in [0.1, 0.15) is 30.7 Å². The van der Waals surface area contributed by atoms with Crippen LogP contribution >= 0.6 is 0 Å². The standard InChI is InChI=1S/C29H28N4/c1-5-6-24(15-20(2)3)23-9-7-22(8-10-23)18-33-29-27-19-32-28(17-25(27)11-14-31-29)26-12-13-30-21(4)16-26/h5-17,19H,2,18H2,1,3-4H3,(H,31,33)/b6-5-,24-15+. The number of fused-ring (bicyclic) bond motifs is 1. The Morgan fingerprint density at radius 1 is 1.00 bits per heavy atom. The van der Waals surface area contributed by atoms with Crippen molar-refractivity contribution in [2.24, 2.45) is 0 Å². The first kappa shape index (κ1) is 22.2. The van der Waals surface area contributed by atoms with Crippen LogP contribution in [0.4, 0.5) is 5.82 Å². The smallest absolute Gasteiger partial charge is 0.135 e. The normalized spacial score (nSPS) is 11.8. The fourth-order valence-electron chi connectivity index (χ4n) is 3.75. The van der Waals surface area contributed by atoms with Gasteiger partial charge in [0.2, 0.25) is 0 Å². The molecule has 1 aromatic carbocycles. The highest BCUT2D eigenvalue weighted by Gasteiger charge is 2.07. The maximum atomic E-state index is 4.68. The average Bonchev–Trinajstić information content (AvgIpc) is 2.82. The fraction of sp³-hybridized carbons (Fsp3) is 0.138. The van der Waals surface area contributed by atoms with Crippen molar-refractivity contribution in [3.05, 3.63) is 114 Å². The van der Waals surface area contributed by atoms with Crippen LogP contribution < -0.4 is 5.32 Å². The molecule has 3 aromatic heterocycles. The molecular formula is C29H28N4. The molecule has 33 heavy (non-hydrogen) atoms. The first-order valence-electron chi connectivity index (χ1n) is 11.0. The first-order chi connectivity index (χ1) is 16.0. The van der Waals surface area contributed by atoms with Gasteiger partial charge < -0.3 is 5.32 Å². The molecule has 0 saturated heterocycles. The minimum atomic E-state index is 0.681. The summed E-state index contributed by atoms with van der Waals surface area (Å²) in [6, 6.07) is 16.7. The topological polar surface area (TPSA) is 50.7 Å². The molecule has 4 aromatic rings. The maximum absolute atomic E-state index is 4.68. The van der Waals surface area contributed by atoms with Crippen molar-refractivity contribution >= 4 is 22.2 Å². The number of benzene rings is 1. The quantitative estimate of drug-likeness (QED) is 0.315. The molecule has 4 rings (SSSR count). The predicted molar refractivity (Wildman–Crippen MR) is 139 cm³/mol. The average molecular weight is 433 g/mol. The van der Waals surface area contributed by atoms with Crippen LogP contribution in [0.3, 0.4) is 0 Å². The van der Waals surface area contributed by atoms with Crippen LogP contribution in [-0.4, -0.2) is 15.0 Å². The molecule has 4 nitrogen and oxygen atoms in total. The van der Waals surface area contributed by atoms with Gasteiger partial charge in [0.15, 0.2) is 0 Å². The highest BCUT2D eigenvalue weighted by Crippen LogP contribution is 2.26. The molecule has 0 aliphatic rings. The lowest BCUT2D eigenvalue weighted by molar-refractivity contribution is 1.12. The van der Waals surface area contributed by atoms with E-state index in [9.17, 15) is 0 Å². The van der Waals surface area contributed by atoms with E-state index in [-0.39, 0.29) is 0 Å². The number of hydrogen-bond donors (Lipinski definition) is 1. The number of anilines is 1. The van der Waals surface area contributed by atoms with Gasteiger partial charge in [-0.05, 0) is 67.1 Å². The minimum Gasteiger partial charge on any atom is -0.365 e. The van der Waals surface area contributed by atoms with E-state index in [1.807, 2.05) is 63.6 Å². The number of nitrogens with one attached hydrogen (secondary N) is 1. The van der Waals surface area contributed by atoms with Crippen molar-refractivity contribution in [2.45, 2.75) is 27.3 Å². The molecule has 164 valence electrons. The molecule has 4 heteroatoms. The zero-order valence-corrected chi connectivity index (χ0v) is 19.3. The van der Waals surface area contributed by atoms with Crippen LogP contribution in [0.25, 0.3) is 27.6 Å². The van der Waals surface area contributed by atoms with E-state index in [1.165, 1.54) is 11.1 Å². The minimum absolute atomic E-state index is 0.681. The Kier molecular flexibility index (Phi) is 6.75. The number of nitrogens with zero attached hydrogens (tertiary/aromatic N) is 3. The van der Waals surface area contributed by atoms with E-state index in [1.54, 1.807) is 0 Å². The molecule has 0 bridgehead atoms. The molecule has 0 amide bonds. The van der Waals surface area contributed by atoms with Gasteiger partial charge in [-0.1, -0.05) is 54.6 Å². The van der Waals surface area contributed by atoms with Crippen LogP contribution in [0.15, 0.2) is 97.5 Å². The summed E-state index contributed by atoms with van der Waals surface area (Å²) in [6.45, 7) is 10.7. The zero-order valence-electron chi connectivity index (χ0n) is 19.3. The van der Waals surface area contributed by atoms with Gasteiger partial charge in [-0.3, -0.25) is 9.97 Å². The van der Waals surface area contributed by atoms with E-state index in [4.69, 9.17) is 0 Å². The second-order valence-electron chi connectivity index (χ2n) is 8.13. The van der Waals surface area contributed by atoms with E-state index in [0.29, 0.717) is 6.54 Å². The number of allylic oxidation sites excluding steroid dienone is 5. The van der Waals surface area contributed by atoms with Gasteiger partial charge in [0.05, 0.1) is 5.69 Å². The third kappa shape index (κ3) is 5.42. The van der Waals surface area contributed by atoms with Crippen molar-refractivity contribution in [1.29, 1.82) is 0 Å². The lowest BCUT2D eigenvalue weighted by Crippen LogP contribution is -2.02. The molecule has 0 fully saturated rings. The van der Waals surface area contributed by atoms with Crippen LogP contribution in [0.2, 0.25) is 0 Å². The van der Waals surface area contributed by atoms with Crippen LogP contribution in [0.5, 0.6) is 0 Å². The molecule has 0 atom stereocenters. The summed E-state index contributed by atoms with van der Waals surface area (Å²) in [4.78, 5) is 13.5. The number of aryl methyl sites for hydroxylation is 1. The summed E-state index contributed by atoms with van der Waals surface area (Å²) in [5.41, 5.74) is 7.52.